The molecule has 0 N–H and O–H groups in total. The van der Waals surface area contributed by atoms with Gasteiger partial charge in [-0.3, -0.25) is 9.59 Å². The first-order chi connectivity index (χ1) is 14.1. The van der Waals surface area contributed by atoms with E-state index >= 15 is 0 Å². The smallest absolute Gasteiger partial charge is 0.339 e. The molecule has 1 aromatic heterocycles. The van der Waals surface area contributed by atoms with Crippen molar-refractivity contribution in [2.75, 3.05) is 13.2 Å². The van der Waals surface area contributed by atoms with Crippen LogP contribution in [0.3, 0.4) is 0 Å². The largest absolute Gasteiger partial charge is 0.452 e. The number of ketones is 1. The second-order valence-electron chi connectivity index (χ2n) is 6.75. The number of hydrogen-bond acceptors (Lipinski definition) is 5. The van der Waals surface area contributed by atoms with Crippen molar-refractivity contribution in [1.82, 2.24) is 4.90 Å². The molecule has 1 amide bonds. The molecule has 5 nitrogen and oxygen atoms in total. The Balaban J connectivity index is 1.43. The first-order valence-corrected chi connectivity index (χ1v) is 10.2. The van der Waals surface area contributed by atoms with Gasteiger partial charge in [0.1, 0.15) is 0 Å². The molecule has 6 heteroatoms. The fraction of sp³-hybridized carbons (Fsp3) is 0.174. The molecule has 146 valence electrons. The standard InChI is InChI=1S/C23H19NO4S/c25-21(24-12-10-20-17(14-24)11-13-29-20)15-28-23(27)19-9-5-4-8-18(19)22(26)16-6-2-1-3-7-16/h1-9,11,13H,10,12,14-15H2. The van der Waals surface area contributed by atoms with Crippen molar-refractivity contribution in [2.45, 2.75) is 13.0 Å². The van der Waals surface area contributed by atoms with Crippen molar-refractivity contribution in [3.63, 3.8) is 0 Å². The minimum atomic E-state index is -0.675. The van der Waals surface area contributed by atoms with Crippen LogP contribution in [0.15, 0.2) is 66.0 Å². The summed E-state index contributed by atoms with van der Waals surface area (Å²) >= 11 is 1.70. The highest BCUT2D eigenvalue weighted by Gasteiger charge is 2.24. The number of nitrogens with zero attached hydrogens (tertiary/aromatic N) is 1. The summed E-state index contributed by atoms with van der Waals surface area (Å²) in [5.74, 6) is -1.17. The van der Waals surface area contributed by atoms with Gasteiger partial charge in [-0.15, -0.1) is 11.3 Å². The number of hydrogen-bond donors (Lipinski definition) is 0. The summed E-state index contributed by atoms with van der Waals surface area (Å²) < 4.78 is 5.26. The molecule has 0 spiro atoms. The van der Waals surface area contributed by atoms with E-state index < -0.39 is 5.97 Å². The van der Waals surface area contributed by atoms with E-state index in [0.29, 0.717) is 18.7 Å². The second kappa shape index (κ2) is 8.41. The molecule has 1 aliphatic heterocycles. The van der Waals surface area contributed by atoms with Gasteiger partial charge in [-0.1, -0.05) is 48.5 Å². The fourth-order valence-corrected chi connectivity index (χ4v) is 4.25. The average molecular weight is 405 g/mol. The normalized spacial score (nSPS) is 12.9. The van der Waals surface area contributed by atoms with Gasteiger partial charge in [0.2, 0.25) is 0 Å². The lowest BCUT2D eigenvalue weighted by Crippen LogP contribution is -2.38. The molecule has 0 unspecified atom stereocenters. The van der Waals surface area contributed by atoms with Gasteiger partial charge in [0.15, 0.2) is 12.4 Å². The number of ether oxygens (including phenoxy) is 1. The van der Waals surface area contributed by atoms with Crippen LogP contribution in [0.2, 0.25) is 0 Å². The molecule has 4 rings (SSSR count). The summed E-state index contributed by atoms with van der Waals surface area (Å²) in [6.45, 7) is 0.817. The monoisotopic (exact) mass is 405 g/mol. The zero-order valence-corrected chi connectivity index (χ0v) is 16.5. The first kappa shape index (κ1) is 19.1. The molecule has 0 saturated carbocycles. The van der Waals surface area contributed by atoms with Gasteiger partial charge in [0.25, 0.3) is 5.91 Å². The van der Waals surface area contributed by atoms with E-state index in [1.807, 2.05) is 17.5 Å². The maximum Gasteiger partial charge on any atom is 0.339 e. The quantitative estimate of drug-likeness (QED) is 0.479. The van der Waals surface area contributed by atoms with Crippen LogP contribution in [-0.2, 0) is 22.5 Å². The third-order valence-electron chi connectivity index (χ3n) is 4.91. The number of esters is 1. The van der Waals surface area contributed by atoms with Crippen LogP contribution in [0.5, 0.6) is 0 Å². The van der Waals surface area contributed by atoms with Gasteiger partial charge in [0, 0.05) is 29.1 Å². The molecule has 0 saturated heterocycles. The number of fused-ring (bicyclic) bond motifs is 1. The molecule has 1 aliphatic rings. The van der Waals surface area contributed by atoms with E-state index in [0.717, 1.165) is 12.0 Å². The van der Waals surface area contributed by atoms with Crippen LogP contribution < -0.4 is 0 Å². The van der Waals surface area contributed by atoms with Crippen LogP contribution in [0.1, 0.15) is 36.7 Å². The number of amides is 1. The Labute approximate surface area is 172 Å². The molecule has 3 aromatic rings. The Morgan fingerprint density at radius 2 is 1.66 bits per heavy atom. The summed E-state index contributed by atoms with van der Waals surface area (Å²) in [6.07, 6.45) is 0.821. The predicted octanol–water partition coefficient (Wildman–Crippen LogP) is 3.72. The number of rotatable bonds is 5. The second-order valence-corrected chi connectivity index (χ2v) is 7.75. The minimum absolute atomic E-state index is 0.160. The average Bonchev–Trinajstić information content (AvgIpc) is 3.25. The van der Waals surface area contributed by atoms with E-state index in [1.54, 1.807) is 64.8 Å². The maximum absolute atomic E-state index is 12.8. The molecule has 2 aromatic carbocycles. The molecule has 0 atom stereocenters. The van der Waals surface area contributed by atoms with E-state index in [1.165, 1.54) is 4.88 Å². The molecule has 0 fully saturated rings. The summed E-state index contributed by atoms with van der Waals surface area (Å²) in [5, 5.41) is 2.03. The number of thiophene rings is 1. The van der Waals surface area contributed by atoms with Crippen molar-refractivity contribution in [3.8, 4) is 0 Å². The summed E-state index contributed by atoms with van der Waals surface area (Å²) in [5.41, 5.74) is 2.06. The van der Waals surface area contributed by atoms with Crippen molar-refractivity contribution in [2.24, 2.45) is 0 Å². The van der Waals surface area contributed by atoms with Crippen LogP contribution in [0.4, 0.5) is 0 Å². The number of benzene rings is 2. The summed E-state index contributed by atoms with van der Waals surface area (Å²) in [4.78, 5) is 40.9. The van der Waals surface area contributed by atoms with Crippen molar-refractivity contribution < 1.29 is 19.1 Å². The maximum atomic E-state index is 12.8. The van der Waals surface area contributed by atoms with Gasteiger partial charge in [-0.05, 0) is 29.5 Å². The Hall–Kier alpha value is -3.25. The van der Waals surface area contributed by atoms with E-state index in [9.17, 15) is 14.4 Å². The highest BCUT2D eigenvalue weighted by Crippen LogP contribution is 2.24. The topological polar surface area (TPSA) is 63.7 Å². The lowest BCUT2D eigenvalue weighted by atomic mass is 9.98. The number of carbonyl (C=O) groups is 3. The van der Waals surface area contributed by atoms with Crippen LogP contribution in [0, 0.1) is 0 Å². The Bertz CT molecular complexity index is 1060. The van der Waals surface area contributed by atoms with Gasteiger partial charge in [-0.25, -0.2) is 4.79 Å². The Morgan fingerprint density at radius 1 is 0.931 bits per heavy atom. The Morgan fingerprint density at radius 3 is 2.45 bits per heavy atom. The summed E-state index contributed by atoms with van der Waals surface area (Å²) in [6, 6.07) is 17.3. The van der Waals surface area contributed by atoms with Gasteiger partial charge in [0.05, 0.1) is 5.56 Å². The molecular weight excluding hydrogens is 386 g/mol. The highest BCUT2D eigenvalue weighted by atomic mass is 32.1. The Kier molecular flexibility index (Phi) is 5.53. The van der Waals surface area contributed by atoms with Crippen molar-refractivity contribution in [1.29, 1.82) is 0 Å². The zero-order valence-electron chi connectivity index (χ0n) is 15.7. The minimum Gasteiger partial charge on any atom is -0.452 e. The molecule has 0 radical (unpaired) electrons. The highest BCUT2D eigenvalue weighted by molar-refractivity contribution is 7.10. The third kappa shape index (κ3) is 4.12. The number of carbonyl (C=O) groups excluding carboxylic acids is 3. The predicted molar refractivity (Wildman–Crippen MR) is 110 cm³/mol. The van der Waals surface area contributed by atoms with Crippen LogP contribution in [-0.4, -0.2) is 35.7 Å². The van der Waals surface area contributed by atoms with Crippen molar-refractivity contribution >= 4 is 29.0 Å². The molecule has 0 bridgehead atoms. The van der Waals surface area contributed by atoms with Gasteiger partial charge < -0.3 is 9.64 Å². The SMILES string of the molecule is O=C(OCC(=O)N1CCc2sccc2C1)c1ccccc1C(=O)c1ccccc1. The van der Waals surface area contributed by atoms with Crippen LogP contribution >= 0.6 is 11.3 Å². The lowest BCUT2D eigenvalue weighted by Gasteiger charge is -2.26. The van der Waals surface area contributed by atoms with Crippen molar-refractivity contribution in [3.05, 3.63) is 93.2 Å². The van der Waals surface area contributed by atoms with Gasteiger partial charge >= 0.3 is 5.97 Å². The fourth-order valence-electron chi connectivity index (χ4n) is 3.36. The first-order valence-electron chi connectivity index (χ1n) is 9.32. The molecule has 2 heterocycles. The third-order valence-corrected chi connectivity index (χ3v) is 5.94. The molecule has 29 heavy (non-hydrogen) atoms. The lowest BCUT2D eigenvalue weighted by molar-refractivity contribution is -0.135. The van der Waals surface area contributed by atoms with Crippen LogP contribution in [0.25, 0.3) is 0 Å². The summed E-state index contributed by atoms with van der Waals surface area (Å²) in [7, 11) is 0. The zero-order chi connectivity index (χ0) is 20.2. The van der Waals surface area contributed by atoms with E-state index in [2.05, 4.69) is 0 Å². The molecular formula is C23H19NO4S. The molecule has 0 aliphatic carbocycles. The van der Waals surface area contributed by atoms with E-state index in [4.69, 9.17) is 4.74 Å². The van der Waals surface area contributed by atoms with E-state index in [-0.39, 0.29) is 29.4 Å². The van der Waals surface area contributed by atoms with Gasteiger partial charge in [-0.2, -0.15) is 0 Å².